The highest BCUT2D eigenvalue weighted by Crippen LogP contribution is 2.49. The second-order valence-electron chi connectivity index (χ2n) is 7.40. The number of halogens is 1. The van der Waals surface area contributed by atoms with Gasteiger partial charge in [-0.2, -0.15) is 0 Å². The first-order valence-corrected chi connectivity index (χ1v) is 8.25. The summed E-state index contributed by atoms with van der Waals surface area (Å²) >= 11 is 6.47. The first kappa shape index (κ1) is 16.8. The normalized spacial score (nSPS) is 23.7. The highest BCUT2D eigenvalue weighted by atomic mass is 35.5. The van der Waals surface area contributed by atoms with E-state index >= 15 is 0 Å². The Hall–Kier alpha value is -1.04. The molecule has 0 spiro atoms. The lowest BCUT2D eigenvalue weighted by molar-refractivity contribution is -0.143. The van der Waals surface area contributed by atoms with Gasteiger partial charge in [-0.15, -0.1) is 0 Å². The summed E-state index contributed by atoms with van der Waals surface area (Å²) in [4.78, 5) is 12.0. The molecule has 1 aliphatic heterocycles. The Kier molecular flexibility index (Phi) is 3.82. The van der Waals surface area contributed by atoms with E-state index < -0.39 is 23.7 Å². The van der Waals surface area contributed by atoms with Crippen LogP contribution in [0.1, 0.15) is 46.1 Å². The van der Waals surface area contributed by atoms with E-state index in [-0.39, 0.29) is 5.97 Å². The van der Waals surface area contributed by atoms with Gasteiger partial charge in [0, 0.05) is 10.5 Å². The third-order valence-corrected chi connectivity index (χ3v) is 5.71. The van der Waals surface area contributed by atoms with Gasteiger partial charge in [-0.3, -0.25) is 4.79 Å². The molecule has 3 rings (SSSR count). The molecule has 1 aromatic rings. The smallest absolute Gasteiger partial charge is 0.468 e. The Balaban J connectivity index is 1.89. The number of carbonyl (C=O) groups is 1. The minimum atomic E-state index is -0.521. The molecule has 124 valence electrons. The number of methoxy groups -OCH3 is 1. The number of carbonyl (C=O) groups excluding carboxylic acids is 1. The molecule has 1 aromatic carbocycles. The molecule has 0 N–H and O–H groups in total. The van der Waals surface area contributed by atoms with Gasteiger partial charge in [-0.25, -0.2) is 0 Å². The molecule has 0 bridgehead atoms. The van der Waals surface area contributed by atoms with Crippen molar-refractivity contribution < 1.29 is 18.8 Å². The van der Waals surface area contributed by atoms with Crippen molar-refractivity contribution in [3.05, 3.63) is 28.8 Å². The van der Waals surface area contributed by atoms with E-state index in [2.05, 4.69) is 0 Å². The van der Waals surface area contributed by atoms with Crippen LogP contribution in [0.15, 0.2) is 18.2 Å². The zero-order valence-electron chi connectivity index (χ0n) is 14.2. The second kappa shape index (κ2) is 5.23. The van der Waals surface area contributed by atoms with E-state index in [0.29, 0.717) is 5.02 Å². The minimum Gasteiger partial charge on any atom is -0.468 e. The van der Waals surface area contributed by atoms with E-state index in [9.17, 15) is 4.79 Å². The van der Waals surface area contributed by atoms with E-state index in [4.69, 9.17) is 25.6 Å². The van der Waals surface area contributed by atoms with Gasteiger partial charge in [0.25, 0.3) is 0 Å². The molecule has 4 nitrogen and oxygen atoms in total. The first-order valence-electron chi connectivity index (χ1n) is 7.87. The van der Waals surface area contributed by atoms with Crippen LogP contribution in [-0.4, -0.2) is 31.4 Å². The summed E-state index contributed by atoms with van der Waals surface area (Å²) < 4.78 is 17.0. The third-order valence-electron chi connectivity index (χ3n) is 5.39. The van der Waals surface area contributed by atoms with Crippen LogP contribution in [0, 0.1) is 0 Å². The molecule has 0 amide bonds. The third kappa shape index (κ3) is 2.59. The van der Waals surface area contributed by atoms with Crippen molar-refractivity contribution in [1.29, 1.82) is 0 Å². The number of hydrogen-bond acceptors (Lipinski definition) is 4. The van der Waals surface area contributed by atoms with Crippen LogP contribution in [0.2, 0.25) is 5.02 Å². The van der Waals surface area contributed by atoms with E-state index in [1.807, 2.05) is 45.9 Å². The van der Waals surface area contributed by atoms with Crippen molar-refractivity contribution in [2.24, 2.45) is 0 Å². The first-order chi connectivity index (χ1) is 10.6. The molecule has 1 saturated heterocycles. The van der Waals surface area contributed by atoms with Crippen LogP contribution in [0.25, 0.3) is 0 Å². The van der Waals surface area contributed by atoms with Crippen molar-refractivity contribution in [2.75, 3.05) is 7.11 Å². The summed E-state index contributed by atoms with van der Waals surface area (Å²) in [6.07, 6.45) is 1.59. The summed E-state index contributed by atoms with van der Waals surface area (Å²) in [6, 6.07) is 5.66. The van der Waals surface area contributed by atoms with Gasteiger partial charge in [0.05, 0.1) is 23.7 Å². The molecule has 0 radical (unpaired) electrons. The SMILES string of the molecule is COC(=O)C1(c2ccc(B3OC(C)(C)C(C)(C)O3)c(Cl)c2)CC1. The summed E-state index contributed by atoms with van der Waals surface area (Å²) in [5.41, 5.74) is 0.337. The second-order valence-corrected chi connectivity index (χ2v) is 7.81. The zero-order chi connectivity index (χ0) is 17.0. The molecule has 23 heavy (non-hydrogen) atoms. The molecular weight excluding hydrogens is 314 g/mol. The van der Waals surface area contributed by atoms with Gasteiger partial charge in [-0.1, -0.05) is 23.7 Å². The Bertz CT molecular complexity index is 636. The lowest BCUT2D eigenvalue weighted by Gasteiger charge is -2.32. The fourth-order valence-electron chi connectivity index (χ4n) is 2.92. The minimum absolute atomic E-state index is 0.197. The number of benzene rings is 1. The van der Waals surface area contributed by atoms with Crippen LogP contribution in [-0.2, 0) is 24.3 Å². The van der Waals surface area contributed by atoms with Crippen molar-refractivity contribution in [3.63, 3.8) is 0 Å². The summed E-state index contributed by atoms with van der Waals surface area (Å²) in [6.45, 7) is 8.02. The predicted octanol–water partition coefficient (Wildman–Crippen LogP) is 2.84. The molecule has 2 fully saturated rings. The Morgan fingerprint density at radius 2 is 1.74 bits per heavy atom. The van der Waals surface area contributed by atoms with Crippen LogP contribution >= 0.6 is 11.6 Å². The number of esters is 1. The van der Waals surface area contributed by atoms with E-state index in [1.54, 1.807) is 0 Å². The van der Waals surface area contributed by atoms with Gasteiger partial charge < -0.3 is 14.0 Å². The molecule has 0 unspecified atom stereocenters. The largest absolute Gasteiger partial charge is 0.496 e. The number of rotatable bonds is 3. The highest BCUT2D eigenvalue weighted by molar-refractivity contribution is 6.65. The van der Waals surface area contributed by atoms with Crippen molar-refractivity contribution >= 4 is 30.2 Å². The van der Waals surface area contributed by atoms with Gasteiger partial charge >= 0.3 is 13.1 Å². The van der Waals surface area contributed by atoms with Gasteiger partial charge in [0.1, 0.15) is 0 Å². The molecule has 1 saturated carbocycles. The molecule has 0 atom stereocenters. The monoisotopic (exact) mass is 336 g/mol. The van der Waals surface area contributed by atoms with Crippen LogP contribution in [0.4, 0.5) is 0 Å². The van der Waals surface area contributed by atoms with Crippen molar-refractivity contribution in [1.82, 2.24) is 0 Å². The van der Waals surface area contributed by atoms with Gasteiger partial charge in [0.15, 0.2) is 0 Å². The maximum atomic E-state index is 12.0. The highest BCUT2D eigenvalue weighted by Gasteiger charge is 2.54. The fraction of sp³-hybridized carbons (Fsp3) is 0.588. The summed E-state index contributed by atoms with van der Waals surface area (Å²) in [5, 5.41) is 0.552. The van der Waals surface area contributed by atoms with Crippen LogP contribution < -0.4 is 5.46 Å². The number of hydrogen-bond donors (Lipinski definition) is 0. The molecule has 2 aliphatic rings. The summed E-state index contributed by atoms with van der Waals surface area (Å²) in [5.74, 6) is -0.197. The molecule has 6 heteroatoms. The fourth-order valence-corrected chi connectivity index (χ4v) is 3.19. The average Bonchev–Trinajstić information content (AvgIpc) is 3.22. The van der Waals surface area contributed by atoms with Crippen LogP contribution in [0.3, 0.4) is 0 Å². The molecule has 1 heterocycles. The van der Waals surface area contributed by atoms with Gasteiger partial charge in [-0.05, 0) is 52.2 Å². The number of ether oxygens (including phenoxy) is 1. The maximum absolute atomic E-state index is 12.0. The Morgan fingerprint density at radius 1 is 1.17 bits per heavy atom. The maximum Gasteiger partial charge on any atom is 0.496 e. The lowest BCUT2D eigenvalue weighted by Crippen LogP contribution is -2.41. The molecular formula is C17H22BClO4. The summed E-state index contributed by atoms with van der Waals surface area (Å²) in [7, 11) is 0.915. The lowest BCUT2D eigenvalue weighted by atomic mass is 9.78. The predicted molar refractivity (Wildman–Crippen MR) is 90.1 cm³/mol. The molecule has 0 aromatic heterocycles. The van der Waals surface area contributed by atoms with E-state index in [1.165, 1.54) is 7.11 Å². The zero-order valence-corrected chi connectivity index (χ0v) is 15.0. The van der Waals surface area contributed by atoms with Crippen molar-refractivity contribution in [3.8, 4) is 0 Å². The Labute approximate surface area is 142 Å². The quantitative estimate of drug-likeness (QED) is 0.629. The average molecular weight is 337 g/mol. The standard InChI is InChI=1S/C17H22BClO4/c1-15(2)16(3,4)23-18(22-15)12-7-6-11(10-13(12)19)17(8-9-17)14(20)21-5/h6-7,10H,8-9H2,1-5H3. The topological polar surface area (TPSA) is 44.8 Å². The van der Waals surface area contributed by atoms with Crippen LogP contribution in [0.5, 0.6) is 0 Å². The van der Waals surface area contributed by atoms with Gasteiger partial charge in [0.2, 0.25) is 0 Å². The molecule has 1 aliphatic carbocycles. The Morgan fingerprint density at radius 3 is 2.17 bits per heavy atom. The van der Waals surface area contributed by atoms with Crippen molar-refractivity contribution in [2.45, 2.75) is 57.2 Å². The van der Waals surface area contributed by atoms with E-state index in [0.717, 1.165) is 23.9 Å².